The van der Waals surface area contributed by atoms with Gasteiger partial charge in [0.2, 0.25) is 0 Å². The molecule has 0 aliphatic heterocycles. The first-order chi connectivity index (χ1) is 10.7. The van der Waals surface area contributed by atoms with Crippen LogP contribution in [0.4, 0.5) is 0 Å². The van der Waals surface area contributed by atoms with Crippen molar-refractivity contribution < 1.29 is 9.47 Å². The number of hydrogen-bond acceptors (Lipinski definition) is 3. The van der Waals surface area contributed by atoms with Crippen molar-refractivity contribution in [2.45, 2.75) is 18.2 Å². The van der Waals surface area contributed by atoms with Crippen LogP contribution in [0.2, 0.25) is 0 Å². The first-order valence-corrected chi connectivity index (χ1v) is 8.51. The highest BCUT2D eigenvalue weighted by Crippen LogP contribution is 2.33. The summed E-state index contributed by atoms with van der Waals surface area (Å²) in [7, 11) is 3.39. The van der Waals surface area contributed by atoms with Crippen LogP contribution >= 0.6 is 11.8 Å². The van der Waals surface area contributed by atoms with Crippen LogP contribution in [0.5, 0.6) is 11.5 Å². The van der Waals surface area contributed by atoms with Crippen molar-refractivity contribution in [3.63, 3.8) is 0 Å². The number of benzene rings is 2. The van der Waals surface area contributed by atoms with Crippen molar-refractivity contribution in [3.05, 3.63) is 53.6 Å². The molecule has 2 rings (SSSR count). The van der Waals surface area contributed by atoms with E-state index in [0.29, 0.717) is 0 Å². The van der Waals surface area contributed by atoms with Gasteiger partial charge in [-0.25, -0.2) is 0 Å². The third-order valence-electron chi connectivity index (χ3n) is 3.59. The predicted octanol–water partition coefficient (Wildman–Crippen LogP) is 5.38. The van der Waals surface area contributed by atoms with E-state index >= 15 is 0 Å². The maximum atomic E-state index is 5.32. The lowest BCUT2D eigenvalue weighted by Gasteiger charge is -2.12. The van der Waals surface area contributed by atoms with Crippen molar-refractivity contribution >= 4 is 23.4 Å². The molecule has 3 heteroatoms. The van der Waals surface area contributed by atoms with E-state index in [4.69, 9.17) is 9.47 Å². The number of hydrogen-bond donors (Lipinski definition) is 0. The Morgan fingerprint density at radius 3 is 2.18 bits per heavy atom. The molecule has 2 aromatic rings. The predicted molar refractivity (Wildman–Crippen MR) is 95.9 cm³/mol. The van der Waals surface area contributed by atoms with E-state index in [9.17, 15) is 0 Å². The van der Waals surface area contributed by atoms with Crippen LogP contribution in [0.15, 0.2) is 47.4 Å². The Morgan fingerprint density at radius 2 is 1.64 bits per heavy atom. The van der Waals surface area contributed by atoms with E-state index in [0.717, 1.165) is 17.9 Å². The van der Waals surface area contributed by atoms with Crippen molar-refractivity contribution in [2.24, 2.45) is 0 Å². The Labute approximate surface area is 137 Å². The molecule has 22 heavy (non-hydrogen) atoms. The third-order valence-corrected chi connectivity index (χ3v) is 4.37. The van der Waals surface area contributed by atoms with Crippen LogP contribution in [-0.2, 0) is 0 Å². The van der Waals surface area contributed by atoms with Crippen molar-refractivity contribution in [3.8, 4) is 11.5 Å². The maximum Gasteiger partial charge on any atom is 0.120 e. The maximum absolute atomic E-state index is 5.32. The van der Waals surface area contributed by atoms with Gasteiger partial charge in [-0.3, -0.25) is 0 Å². The van der Waals surface area contributed by atoms with Crippen LogP contribution in [0.1, 0.15) is 24.5 Å². The molecule has 2 nitrogen and oxygen atoms in total. The normalized spacial score (nSPS) is 11.4. The molecule has 0 saturated carbocycles. The largest absolute Gasteiger partial charge is 0.497 e. The molecule has 0 spiro atoms. The minimum Gasteiger partial charge on any atom is -0.497 e. The van der Waals surface area contributed by atoms with Gasteiger partial charge in [0.15, 0.2) is 0 Å². The molecule has 0 fully saturated rings. The summed E-state index contributed by atoms with van der Waals surface area (Å²) in [4.78, 5) is 1.24. The zero-order valence-electron chi connectivity index (χ0n) is 13.6. The second-order valence-corrected chi connectivity index (χ2v) is 5.71. The van der Waals surface area contributed by atoms with Gasteiger partial charge in [-0.15, -0.1) is 11.8 Å². The smallest absolute Gasteiger partial charge is 0.120 e. The number of ether oxygens (including phenoxy) is 2. The molecule has 0 bridgehead atoms. The van der Waals surface area contributed by atoms with Gasteiger partial charge in [-0.1, -0.05) is 25.1 Å². The lowest BCUT2D eigenvalue weighted by Crippen LogP contribution is -1.90. The van der Waals surface area contributed by atoms with Crippen LogP contribution in [0, 0.1) is 0 Å². The summed E-state index contributed by atoms with van der Waals surface area (Å²) in [5.74, 6) is 1.78. The second-order valence-electron chi connectivity index (χ2n) is 4.86. The standard InChI is InChI=1S/C19H22O2S/c1-5-15(12-14-6-8-16(20-2)9-7-14)18-11-10-17(21-3)13-19(18)22-4/h6-13H,5H2,1-4H3/b15-12+. The van der Waals surface area contributed by atoms with Crippen molar-refractivity contribution in [1.29, 1.82) is 0 Å². The molecule has 0 saturated heterocycles. The monoisotopic (exact) mass is 314 g/mol. The van der Waals surface area contributed by atoms with Crippen molar-refractivity contribution in [1.82, 2.24) is 0 Å². The van der Waals surface area contributed by atoms with Crippen LogP contribution in [0.3, 0.4) is 0 Å². The fraction of sp³-hybridized carbons (Fsp3) is 0.263. The third kappa shape index (κ3) is 3.86. The lowest BCUT2D eigenvalue weighted by molar-refractivity contribution is 0.413. The number of thioether (sulfide) groups is 1. The van der Waals surface area contributed by atoms with Gasteiger partial charge >= 0.3 is 0 Å². The van der Waals surface area contributed by atoms with Gasteiger partial charge in [-0.2, -0.15) is 0 Å². The molecule has 0 N–H and O–H groups in total. The fourth-order valence-corrected chi connectivity index (χ4v) is 2.99. The average molecular weight is 314 g/mol. The molecule has 0 aliphatic carbocycles. The zero-order valence-corrected chi connectivity index (χ0v) is 14.4. The van der Waals surface area contributed by atoms with E-state index in [-0.39, 0.29) is 0 Å². The molecule has 0 amide bonds. The lowest BCUT2D eigenvalue weighted by atomic mass is 10.0. The molecule has 0 atom stereocenters. The fourth-order valence-electron chi connectivity index (χ4n) is 2.34. The van der Waals surface area contributed by atoms with Crippen LogP contribution in [-0.4, -0.2) is 20.5 Å². The molecule has 0 heterocycles. The van der Waals surface area contributed by atoms with E-state index in [1.807, 2.05) is 18.2 Å². The summed E-state index contributed by atoms with van der Waals surface area (Å²) in [6.45, 7) is 2.18. The van der Waals surface area contributed by atoms with Gasteiger partial charge in [0.25, 0.3) is 0 Å². The second kappa shape index (κ2) is 7.95. The molecule has 0 radical (unpaired) electrons. The molecule has 0 unspecified atom stereocenters. The summed E-state index contributed by atoms with van der Waals surface area (Å²) in [5.41, 5.74) is 3.77. The van der Waals surface area contributed by atoms with Gasteiger partial charge in [0.05, 0.1) is 14.2 Å². The van der Waals surface area contributed by atoms with Gasteiger partial charge in [-0.05, 0) is 59.7 Å². The molecule has 2 aromatic carbocycles. The van der Waals surface area contributed by atoms with Gasteiger partial charge < -0.3 is 9.47 Å². The summed E-state index contributed by atoms with van der Waals surface area (Å²) >= 11 is 1.74. The minimum atomic E-state index is 0.879. The Kier molecular flexibility index (Phi) is 5.96. The Bertz CT molecular complexity index is 645. The van der Waals surface area contributed by atoms with Gasteiger partial charge in [0, 0.05) is 4.90 Å². The Balaban J connectivity index is 2.39. The average Bonchev–Trinajstić information content (AvgIpc) is 2.59. The molecule has 116 valence electrons. The Hall–Kier alpha value is -1.87. The first kappa shape index (κ1) is 16.5. The van der Waals surface area contributed by atoms with Crippen LogP contribution in [0.25, 0.3) is 11.6 Å². The molecule has 0 aromatic heterocycles. The van der Waals surface area contributed by atoms with Crippen molar-refractivity contribution in [2.75, 3.05) is 20.5 Å². The number of allylic oxidation sites excluding steroid dienone is 1. The molecular weight excluding hydrogens is 292 g/mol. The topological polar surface area (TPSA) is 18.5 Å². The number of rotatable bonds is 6. The molecular formula is C19H22O2S. The van der Waals surface area contributed by atoms with Gasteiger partial charge in [0.1, 0.15) is 11.5 Å². The minimum absolute atomic E-state index is 0.879. The highest BCUT2D eigenvalue weighted by atomic mass is 32.2. The summed E-state index contributed by atoms with van der Waals surface area (Å²) in [6.07, 6.45) is 5.31. The zero-order chi connectivity index (χ0) is 15.9. The molecule has 0 aliphatic rings. The van der Waals surface area contributed by atoms with E-state index in [1.54, 1.807) is 26.0 Å². The van der Waals surface area contributed by atoms with E-state index in [1.165, 1.54) is 21.6 Å². The van der Waals surface area contributed by atoms with E-state index < -0.39 is 0 Å². The summed E-state index contributed by atoms with van der Waals surface area (Å²) < 4.78 is 10.5. The van der Waals surface area contributed by atoms with E-state index in [2.05, 4.69) is 43.5 Å². The van der Waals surface area contributed by atoms with Crippen LogP contribution < -0.4 is 9.47 Å². The quantitative estimate of drug-likeness (QED) is 0.527. The first-order valence-electron chi connectivity index (χ1n) is 7.28. The summed E-state index contributed by atoms with van der Waals surface area (Å²) in [6, 6.07) is 14.4. The summed E-state index contributed by atoms with van der Waals surface area (Å²) in [5, 5.41) is 0. The SMILES string of the molecule is CC/C(=C\c1ccc(OC)cc1)c1ccc(OC)cc1SC. The highest BCUT2D eigenvalue weighted by Gasteiger charge is 2.08. The Morgan fingerprint density at radius 1 is 1.00 bits per heavy atom. The number of methoxy groups -OCH3 is 2. The highest BCUT2D eigenvalue weighted by molar-refractivity contribution is 7.98.